The predicted molar refractivity (Wildman–Crippen MR) is 70.8 cm³/mol. The summed E-state index contributed by atoms with van der Waals surface area (Å²) in [5.74, 6) is 1.68. The normalized spacial score (nSPS) is 10.6. The van der Waals surface area contributed by atoms with Crippen molar-refractivity contribution in [2.75, 3.05) is 11.9 Å². The Balaban J connectivity index is 2.17. The number of aromatic nitrogens is 3. The Morgan fingerprint density at radius 3 is 2.89 bits per heavy atom. The van der Waals surface area contributed by atoms with Gasteiger partial charge in [0.25, 0.3) is 5.22 Å². The van der Waals surface area contributed by atoms with E-state index >= 15 is 0 Å². The highest BCUT2D eigenvalue weighted by atomic mass is 32.2. The molecule has 0 aromatic carbocycles. The van der Waals surface area contributed by atoms with Gasteiger partial charge in [-0.25, -0.2) is 15.0 Å². The SMILES string of the molecule is CCCNc1cc(Sc2ncco2)nc(CC)n1. The molecule has 18 heavy (non-hydrogen) atoms. The lowest BCUT2D eigenvalue weighted by molar-refractivity contribution is 0.454. The fourth-order valence-electron chi connectivity index (χ4n) is 1.38. The standard InChI is InChI=1S/C12H16N4OS/c1-3-5-13-10-8-11(16-9(4-2)15-10)18-12-14-6-7-17-12/h6-8H,3-5H2,1-2H3,(H,13,15,16). The van der Waals surface area contributed by atoms with Crippen molar-refractivity contribution in [3.05, 3.63) is 24.4 Å². The zero-order valence-electron chi connectivity index (χ0n) is 10.5. The van der Waals surface area contributed by atoms with Gasteiger partial charge in [-0.1, -0.05) is 13.8 Å². The molecule has 5 nitrogen and oxygen atoms in total. The third-order valence-electron chi connectivity index (χ3n) is 2.22. The first-order valence-corrected chi connectivity index (χ1v) is 6.82. The molecule has 0 bridgehead atoms. The molecule has 2 heterocycles. The van der Waals surface area contributed by atoms with E-state index in [9.17, 15) is 0 Å². The van der Waals surface area contributed by atoms with Gasteiger partial charge in [0.2, 0.25) is 0 Å². The van der Waals surface area contributed by atoms with E-state index < -0.39 is 0 Å². The second-order valence-corrected chi connectivity index (χ2v) is 4.66. The maximum atomic E-state index is 5.20. The molecule has 2 rings (SSSR count). The van der Waals surface area contributed by atoms with E-state index in [4.69, 9.17) is 4.42 Å². The number of nitrogens with zero attached hydrogens (tertiary/aromatic N) is 3. The minimum absolute atomic E-state index is 0.595. The summed E-state index contributed by atoms with van der Waals surface area (Å²) in [5, 5.41) is 4.72. The van der Waals surface area contributed by atoms with Crippen molar-refractivity contribution in [2.24, 2.45) is 0 Å². The summed E-state index contributed by atoms with van der Waals surface area (Å²) < 4.78 is 5.20. The van der Waals surface area contributed by atoms with Gasteiger partial charge in [0.15, 0.2) is 0 Å². The van der Waals surface area contributed by atoms with E-state index in [1.165, 1.54) is 11.8 Å². The molecule has 0 aliphatic heterocycles. The van der Waals surface area contributed by atoms with Crippen LogP contribution in [0.4, 0.5) is 5.82 Å². The van der Waals surface area contributed by atoms with Crippen LogP contribution in [0.3, 0.4) is 0 Å². The molecule has 0 aliphatic carbocycles. The smallest absolute Gasteiger partial charge is 0.261 e. The van der Waals surface area contributed by atoms with E-state index in [1.54, 1.807) is 12.5 Å². The summed E-state index contributed by atoms with van der Waals surface area (Å²) in [7, 11) is 0. The summed E-state index contributed by atoms with van der Waals surface area (Å²) in [4.78, 5) is 13.0. The number of anilines is 1. The van der Waals surface area contributed by atoms with Gasteiger partial charge < -0.3 is 9.73 Å². The molecule has 2 aromatic heterocycles. The van der Waals surface area contributed by atoms with Crippen LogP contribution in [-0.2, 0) is 6.42 Å². The van der Waals surface area contributed by atoms with Crippen LogP contribution in [0.25, 0.3) is 0 Å². The summed E-state index contributed by atoms with van der Waals surface area (Å²) in [6.07, 6.45) is 5.05. The van der Waals surface area contributed by atoms with Crippen molar-refractivity contribution >= 4 is 17.6 Å². The Morgan fingerprint density at radius 2 is 2.22 bits per heavy atom. The van der Waals surface area contributed by atoms with Crippen molar-refractivity contribution in [3.8, 4) is 0 Å². The maximum Gasteiger partial charge on any atom is 0.261 e. The molecule has 0 fully saturated rings. The van der Waals surface area contributed by atoms with Gasteiger partial charge in [-0.05, 0) is 18.2 Å². The Kier molecular flexibility index (Phi) is 4.58. The number of nitrogens with one attached hydrogen (secondary N) is 1. The van der Waals surface area contributed by atoms with Crippen LogP contribution < -0.4 is 5.32 Å². The molecule has 96 valence electrons. The summed E-state index contributed by atoms with van der Waals surface area (Å²) >= 11 is 1.40. The van der Waals surface area contributed by atoms with Gasteiger partial charge in [0, 0.05) is 19.0 Å². The molecule has 6 heteroatoms. The summed E-state index contributed by atoms with van der Waals surface area (Å²) in [5.41, 5.74) is 0. The molecule has 2 aromatic rings. The Bertz CT molecular complexity index is 487. The molecular formula is C12H16N4OS. The van der Waals surface area contributed by atoms with Gasteiger partial charge in [0.1, 0.15) is 22.9 Å². The number of aryl methyl sites for hydroxylation is 1. The monoisotopic (exact) mass is 264 g/mol. The summed E-state index contributed by atoms with van der Waals surface area (Å²) in [6.45, 7) is 5.07. The highest BCUT2D eigenvalue weighted by Gasteiger charge is 2.07. The van der Waals surface area contributed by atoms with E-state index in [0.29, 0.717) is 5.22 Å². The van der Waals surface area contributed by atoms with Crippen LogP contribution in [0.2, 0.25) is 0 Å². The van der Waals surface area contributed by atoms with Crippen molar-refractivity contribution in [3.63, 3.8) is 0 Å². The van der Waals surface area contributed by atoms with Gasteiger partial charge in [-0.15, -0.1) is 0 Å². The second-order valence-electron chi connectivity index (χ2n) is 3.69. The summed E-state index contributed by atoms with van der Waals surface area (Å²) in [6, 6.07) is 1.92. The van der Waals surface area contributed by atoms with Gasteiger partial charge in [0.05, 0.1) is 6.20 Å². The predicted octanol–water partition coefficient (Wildman–Crippen LogP) is 3.00. The van der Waals surface area contributed by atoms with Crippen LogP contribution in [0.5, 0.6) is 0 Å². The highest BCUT2D eigenvalue weighted by Crippen LogP contribution is 2.25. The molecule has 0 saturated heterocycles. The fraction of sp³-hybridized carbons (Fsp3) is 0.417. The molecule has 0 radical (unpaired) electrons. The van der Waals surface area contributed by atoms with Crippen molar-refractivity contribution in [1.82, 2.24) is 15.0 Å². The molecule has 0 unspecified atom stereocenters. The lowest BCUT2D eigenvalue weighted by Gasteiger charge is -2.07. The second kappa shape index (κ2) is 6.39. The first-order chi connectivity index (χ1) is 8.81. The van der Waals surface area contributed by atoms with Gasteiger partial charge >= 0.3 is 0 Å². The van der Waals surface area contributed by atoms with E-state index in [0.717, 1.165) is 36.1 Å². The minimum Gasteiger partial charge on any atom is -0.440 e. The lowest BCUT2D eigenvalue weighted by atomic mass is 10.4. The molecular weight excluding hydrogens is 248 g/mol. The van der Waals surface area contributed by atoms with Crippen LogP contribution in [-0.4, -0.2) is 21.5 Å². The first-order valence-electron chi connectivity index (χ1n) is 6.01. The molecule has 0 spiro atoms. The number of oxazole rings is 1. The minimum atomic E-state index is 0.595. The molecule has 0 amide bonds. The largest absolute Gasteiger partial charge is 0.440 e. The molecule has 0 aliphatic rings. The number of hydrogen-bond donors (Lipinski definition) is 1. The molecule has 1 N–H and O–H groups in total. The van der Waals surface area contributed by atoms with E-state index in [-0.39, 0.29) is 0 Å². The highest BCUT2D eigenvalue weighted by molar-refractivity contribution is 7.99. The third kappa shape index (κ3) is 3.46. The Morgan fingerprint density at radius 1 is 1.33 bits per heavy atom. The maximum absolute atomic E-state index is 5.20. The average Bonchev–Trinajstić information content (AvgIpc) is 2.89. The van der Waals surface area contributed by atoms with E-state index in [1.807, 2.05) is 13.0 Å². The molecule has 0 atom stereocenters. The van der Waals surface area contributed by atoms with Gasteiger partial charge in [-0.3, -0.25) is 0 Å². The fourth-order valence-corrected chi connectivity index (χ4v) is 2.09. The quantitative estimate of drug-likeness (QED) is 0.809. The zero-order chi connectivity index (χ0) is 12.8. The number of rotatable bonds is 6. The first kappa shape index (κ1) is 12.9. The van der Waals surface area contributed by atoms with Gasteiger partial charge in [-0.2, -0.15) is 0 Å². The van der Waals surface area contributed by atoms with Crippen LogP contribution in [0, 0.1) is 0 Å². The third-order valence-corrected chi connectivity index (χ3v) is 3.02. The zero-order valence-corrected chi connectivity index (χ0v) is 11.3. The Hall–Kier alpha value is -1.56. The average molecular weight is 264 g/mol. The topological polar surface area (TPSA) is 63.8 Å². The molecule has 0 saturated carbocycles. The number of hydrogen-bond acceptors (Lipinski definition) is 6. The van der Waals surface area contributed by atoms with E-state index in [2.05, 4.69) is 27.2 Å². The van der Waals surface area contributed by atoms with Crippen molar-refractivity contribution in [2.45, 2.75) is 36.9 Å². The van der Waals surface area contributed by atoms with Crippen LogP contribution >= 0.6 is 11.8 Å². The lowest BCUT2D eigenvalue weighted by Crippen LogP contribution is -2.05. The van der Waals surface area contributed by atoms with Crippen LogP contribution in [0.1, 0.15) is 26.1 Å². The van der Waals surface area contributed by atoms with Crippen LogP contribution in [0.15, 0.2) is 33.2 Å². The Labute approximate surface area is 110 Å². The van der Waals surface area contributed by atoms with Crippen molar-refractivity contribution < 1.29 is 4.42 Å². The van der Waals surface area contributed by atoms with Crippen molar-refractivity contribution in [1.29, 1.82) is 0 Å².